The number of methoxy groups -OCH3 is 1. The summed E-state index contributed by atoms with van der Waals surface area (Å²) in [6, 6.07) is 13.3. The molecule has 1 amide bonds. The maximum absolute atomic E-state index is 16.4. The van der Waals surface area contributed by atoms with Gasteiger partial charge in [0.1, 0.15) is 28.4 Å². The Bertz CT molecular complexity index is 1790. The Hall–Kier alpha value is -3.71. The van der Waals surface area contributed by atoms with E-state index in [-0.39, 0.29) is 38.2 Å². The molecular formula is C39H43Cl2F2N3O4. The molecule has 1 aliphatic heterocycles. The number of hydrogen-bond donors (Lipinski definition) is 2. The number of carbonyl (C=O) groups excluding carboxylic acids is 1. The second-order valence-corrected chi connectivity index (χ2v) is 15.5. The van der Waals surface area contributed by atoms with Crippen LogP contribution in [0.15, 0.2) is 54.6 Å². The molecule has 1 heterocycles. The number of rotatable bonds is 10. The fourth-order valence-electron chi connectivity index (χ4n) is 8.08. The lowest BCUT2D eigenvalue weighted by Gasteiger charge is -2.40. The van der Waals surface area contributed by atoms with Gasteiger partial charge in [0.2, 0.25) is 5.91 Å². The number of ether oxygens (including phenoxy) is 1. The summed E-state index contributed by atoms with van der Waals surface area (Å²) in [6.45, 7) is 6.46. The van der Waals surface area contributed by atoms with E-state index in [4.69, 9.17) is 27.9 Å². The fourth-order valence-corrected chi connectivity index (χ4v) is 8.42. The van der Waals surface area contributed by atoms with Crippen molar-refractivity contribution in [3.63, 3.8) is 0 Å². The molecule has 2 N–H and O–H groups in total. The Morgan fingerprint density at radius 3 is 2.42 bits per heavy atom. The standard InChI is InChI=1S/C39H43Cl2F2N3O4/c1-38(2,3)21-32-39(22-44,28-16-13-24(40)19-30(28)42)33(27-11-8-12-29(41)34(27)43)35(46(32)18-17-23-9-6-5-7-10-23)36(47)45-25-14-15-26(37(48)49)31(20-25)50-4/h8,11-16,19-20,23,32-33,35H,5-7,9-10,17-18,21H2,1-4H3,(H,45,47)(H,48,49). The largest absolute Gasteiger partial charge is 0.496 e. The lowest BCUT2D eigenvalue weighted by molar-refractivity contribution is -0.121. The first-order valence-corrected chi connectivity index (χ1v) is 17.8. The van der Waals surface area contributed by atoms with Gasteiger partial charge in [0.05, 0.1) is 24.2 Å². The van der Waals surface area contributed by atoms with Crippen molar-refractivity contribution in [2.24, 2.45) is 11.3 Å². The van der Waals surface area contributed by atoms with Crippen LogP contribution in [-0.2, 0) is 10.2 Å². The number of likely N-dealkylation sites (tertiary alicyclic amines) is 1. The van der Waals surface area contributed by atoms with Crippen LogP contribution < -0.4 is 10.1 Å². The molecule has 0 spiro atoms. The number of carboxylic acids is 1. The second-order valence-electron chi connectivity index (χ2n) is 14.7. The van der Waals surface area contributed by atoms with E-state index in [2.05, 4.69) is 11.4 Å². The number of hydrogen-bond acceptors (Lipinski definition) is 5. The van der Waals surface area contributed by atoms with Crippen LogP contribution >= 0.6 is 23.2 Å². The number of anilines is 1. The number of carbonyl (C=O) groups is 2. The Balaban J connectivity index is 1.77. The van der Waals surface area contributed by atoms with Crippen molar-refractivity contribution in [3.8, 4) is 11.8 Å². The third kappa shape index (κ3) is 7.49. The van der Waals surface area contributed by atoms with Gasteiger partial charge in [-0.25, -0.2) is 13.6 Å². The van der Waals surface area contributed by atoms with Crippen molar-refractivity contribution in [2.45, 2.75) is 89.1 Å². The predicted molar refractivity (Wildman–Crippen MR) is 191 cm³/mol. The van der Waals surface area contributed by atoms with Crippen LogP contribution in [0.1, 0.15) is 93.1 Å². The molecule has 2 fully saturated rings. The van der Waals surface area contributed by atoms with Gasteiger partial charge in [0.25, 0.3) is 0 Å². The third-order valence-corrected chi connectivity index (χ3v) is 10.8. The summed E-state index contributed by atoms with van der Waals surface area (Å²) in [5.74, 6) is -4.06. The molecule has 5 rings (SSSR count). The molecule has 3 aromatic rings. The number of benzene rings is 3. The van der Waals surface area contributed by atoms with E-state index in [0.29, 0.717) is 18.9 Å². The van der Waals surface area contributed by atoms with E-state index in [9.17, 15) is 20.0 Å². The number of carboxylic acid groups (broad SMARTS) is 1. The Labute approximate surface area is 302 Å². The minimum Gasteiger partial charge on any atom is -0.496 e. The fraction of sp³-hybridized carbons (Fsp3) is 0.462. The zero-order chi connectivity index (χ0) is 36.4. The van der Waals surface area contributed by atoms with E-state index in [1.165, 1.54) is 56.0 Å². The smallest absolute Gasteiger partial charge is 0.339 e. The summed E-state index contributed by atoms with van der Waals surface area (Å²) in [4.78, 5) is 28.6. The maximum Gasteiger partial charge on any atom is 0.339 e. The van der Waals surface area contributed by atoms with Crippen molar-refractivity contribution in [3.05, 3.63) is 93.0 Å². The number of nitrogens with zero attached hydrogens (tertiary/aromatic N) is 2. The zero-order valence-corrected chi connectivity index (χ0v) is 30.3. The molecular weight excluding hydrogens is 683 g/mol. The van der Waals surface area contributed by atoms with Crippen LogP contribution in [0, 0.1) is 34.3 Å². The van der Waals surface area contributed by atoms with Crippen molar-refractivity contribution >= 4 is 40.8 Å². The van der Waals surface area contributed by atoms with Gasteiger partial charge in [0, 0.05) is 34.3 Å². The number of amides is 1. The number of nitrogens with one attached hydrogen (secondary N) is 1. The first kappa shape index (κ1) is 37.5. The highest BCUT2D eigenvalue weighted by Crippen LogP contribution is 2.57. The monoisotopic (exact) mass is 725 g/mol. The summed E-state index contributed by atoms with van der Waals surface area (Å²) in [5.41, 5.74) is -1.98. The Morgan fingerprint density at radius 1 is 1.08 bits per heavy atom. The van der Waals surface area contributed by atoms with E-state index in [1.807, 2.05) is 25.7 Å². The van der Waals surface area contributed by atoms with Crippen molar-refractivity contribution < 1.29 is 28.2 Å². The Morgan fingerprint density at radius 2 is 1.80 bits per heavy atom. The molecule has 0 radical (unpaired) electrons. The quantitative estimate of drug-likeness (QED) is 0.216. The molecule has 1 saturated carbocycles. The highest BCUT2D eigenvalue weighted by Gasteiger charge is 2.64. The van der Waals surface area contributed by atoms with E-state index < -0.39 is 52.3 Å². The maximum atomic E-state index is 16.4. The van der Waals surface area contributed by atoms with E-state index >= 15 is 8.78 Å². The topological polar surface area (TPSA) is 103 Å². The SMILES string of the molecule is COc1cc(NC(=O)C2C(c3cccc(Cl)c3F)C(C#N)(c3ccc(Cl)cc3F)C(CC(C)(C)C)N2CCC2CCCCC2)ccc1C(=O)O. The van der Waals surface area contributed by atoms with Gasteiger partial charge in [-0.15, -0.1) is 0 Å². The first-order valence-electron chi connectivity index (χ1n) is 17.0. The number of aromatic carboxylic acids is 1. The van der Waals surface area contributed by atoms with Crippen LogP contribution in [0.2, 0.25) is 10.0 Å². The summed E-state index contributed by atoms with van der Waals surface area (Å²) < 4.78 is 38.0. The minimum absolute atomic E-state index is 0.0198. The normalized spacial score (nSPS) is 23.0. The minimum atomic E-state index is -1.77. The molecule has 11 heteroatoms. The molecule has 266 valence electrons. The van der Waals surface area contributed by atoms with Crippen molar-refractivity contribution in [2.75, 3.05) is 19.0 Å². The lowest BCUT2D eigenvalue weighted by atomic mass is 9.62. The average molecular weight is 727 g/mol. The molecule has 1 aliphatic carbocycles. The van der Waals surface area contributed by atoms with Gasteiger partial charge < -0.3 is 15.2 Å². The molecule has 4 atom stereocenters. The van der Waals surface area contributed by atoms with Crippen LogP contribution in [0.4, 0.5) is 14.5 Å². The predicted octanol–water partition coefficient (Wildman–Crippen LogP) is 9.62. The van der Waals surface area contributed by atoms with Crippen molar-refractivity contribution in [1.29, 1.82) is 5.26 Å². The molecule has 2 aliphatic rings. The van der Waals surface area contributed by atoms with Crippen molar-refractivity contribution in [1.82, 2.24) is 4.90 Å². The molecule has 3 aromatic carbocycles. The van der Waals surface area contributed by atoms with Crippen LogP contribution in [0.3, 0.4) is 0 Å². The highest BCUT2D eigenvalue weighted by atomic mass is 35.5. The van der Waals surface area contributed by atoms with E-state index in [1.54, 1.807) is 6.07 Å². The summed E-state index contributed by atoms with van der Waals surface area (Å²) in [5, 5.41) is 23.9. The number of nitriles is 1. The van der Waals surface area contributed by atoms with Gasteiger partial charge >= 0.3 is 5.97 Å². The lowest BCUT2D eigenvalue weighted by Crippen LogP contribution is -2.48. The zero-order valence-electron chi connectivity index (χ0n) is 28.7. The van der Waals surface area contributed by atoms with Gasteiger partial charge in [-0.3, -0.25) is 9.69 Å². The molecule has 0 bridgehead atoms. The summed E-state index contributed by atoms with van der Waals surface area (Å²) in [7, 11) is 1.33. The van der Waals surface area contributed by atoms with E-state index in [0.717, 1.165) is 38.2 Å². The van der Waals surface area contributed by atoms with Gasteiger partial charge in [-0.05, 0) is 66.6 Å². The molecule has 0 aromatic heterocycles. The Kier molecular flexibility index (Phi) is 11.5. The molecule has 50 heavy (non-hydrogen) atoms. The first-order chi connectivity index (χ1) is 23.7. The molecule has 7 nitrogen and oxygen atoms in total. The second kappa shape index (κ2) is 15.3. The van der Waals surface area contributed by atoms with Gasteiger partial charge in [0.15, 0.2) is 0 Å². The van der Waals surface area contributed by atoms with Crippen LogP contribution in [0.25, 0.3) is 0 Å². The summed E-state index contributed by atoms with van der Waals surface area (Å²) >= 11 is 12.6. The summed E-state index contributed by atoms with van der Waals surface area (Å²) in [6.07, 6.45) is 6.60. The van der Waals surface area contributed by atoms with Gasteiger partial charge in [-0.2, -0.15) is 5.26 Å². The highest BCUT2D eigenvalue weighted by molar-refractivity contribution is 6.31. The third-order valence-electron chi connectivity index (χ3n) is 10.3. The van der Waals surface area contributed by atoms with Crippen LogP contribution in [0.5, 0.6) is 5.75 Å². The van der Waals surface area contributed by atoms with Crippen LogP contribution in [-0.4, -0.2) is 47.6 Å². The average Bonchev–Trinajstić information content (AvgIpc) is 3.33. The molecule has 4 unspecified atom stereocenters. The number of halogens is 4. The molecule has 1 saturated heterocycles. The van der Waals surface area contributed by atoms with Gasteiger partial charge in [-0.1, -0.05) is 94.3 Å².